The van der Waals surface area contributed by atoms with Crippen LogP contribution in [-0.4, -0.2) is 15.8 Å². The second kappa shape index (κ2) is 4.98. The van der Waals surface area contributed by atoms with Gasteiger partial charge in [-0.2, -0.15) is 0 Å². The number of ketones is 1. The predicted molar refractivity (Wildman–Crippen MR) is 80.1 cm³/mol. The molecule has 0 saturated heterocycles. The molecule has 4 nitrogen and oxygen atoms in total. The molecular formula is C15H17N3OS. The summed E-state index contributed by atoms with van der Waals surface area (Å²) in [5, 5.41) is 4.11. The zero-order valence-corrected chi connectivity index (χ0v) is 12.5. The van der Waals surface area contributed by atoms with Crippen LogP contribution >= 0.6 is 11.3 Å². The molecule has 0 atom stereocenters. The lowest BCUT2D eigenvalue weighted by atomic mass is 9.78. The Balaban J connectivity index is 1.75. The molecule has 0 amide bonds. The number of fused-ring (bicyclic) bond motifs is 1. The van der Waals surface area contributed by atoms with Crippen LogP contribution in [0.15, 0.2) is 24.5 Å². The molecular weight excluding hydrogens is 270 g/mol. The van der Waals surface area contributed by atoms with E-state index in [-0.39, 0.29) is 11.2 Å². The van der Waals surface area contributed by atoms with Gasteiger partial charge < -0.3 is 5.32 Å². The Kier molecular flexibility index (Phi) is 3.30. The highest BCUT2D eigenvalue weighted by Gasteiger charge is 2.33. The fourth-order valence-electron chi connectivity index (χ4n) is 2.48. The summed E-state index contributed by atoms with van der Waals surface area (Å²) >= 11 is 1.47. The van der Waals surface area contributed by atoms with Gasteiger partial charge in [0.05, 0.1) is 10.6 Å². The highest BCUT2D eigenvalue weighted by Crippen LogP contribution is 2.38. The maximum Gasteiger partial charge on any atom is 0.183 e. The number of anilines is 1. The van der Waals surface area contributed by atoms with Crippen molar-refractivity contribution in [3.63, 3.8) is 0 Å². The molecule has 2 heterocycles. The van der Waals surface area contributed by atoms with Crippen molar-refractivity contribution in [2.45, 2.75) is 33.2 Å². The molecule has 2 aromatic heterocycles. The second-order valence-electron chi connectivity index (χ2n) is 5.95. The van der Waals surface area contributed by atoms with Gasteiger partial charge in [-0.1, -0.05) is 31.3 Å². The van der Waals surface area contributed by atoms with Crippen molar-refractivity contribution in [3.8, 4) is 0 Å². The smallest absolute Gasteiger partial charge is 0.183 e. The van der Waals surface area contributed by atoms with Crippen LogP contribution in [0.4, 0.5) is 5.13 Å². The highest BCUT2D eigenvalue weighted by molar-refractivity contribution is 7.17. The van der Waals surface area contributed by atoms with E-state index < -0.39 is 0 Å². The number of hydrogen-bond donors (Lipinski definition) is 1. The number of thiazole rings is 1. The lowest BCUT2D eigenvalue weighted by Gasteiger charge is -2.26. The third-order valence-corrected chi connectivity index (χ3v) is 4.50. The summed E-state index contributed by atoms with van der Waals surface area (Å²) in [7, 11) is 0. The zero-order valence-electron chi connectivity index (χ0n) is 11.6. The Morgan fingerprint density at radius 3 is 3.00 bits per heavy atom. The SMILES string of the molecule is CC1(C)CC(=O)c2sc(NCc3cccnc3)nc2C1. The molecule has 1 N–H and O–H groups in total. The highest BCUT2D eigenvalue weighted by atomic mass is 32.1. The minimum Gasteiger partial charge on any atom is -0.357 e. The van der Waals surface area contributed by atoms with Crippen LogP contribution in [0.25, 0.3) is 0 Å². The van der Waals surface area contributed by atoms with E-state index in [1.807, 2.05) is 18.3 Å². The first-order valence-electron chi connectivity index (χ1n) is 6.69. The van der Waals surface area contributed by atoms with Crippen molar-refractivity contribution in [1.82, 2.24) is 9.97 Å². The summed E-state index contributed by atoms with van der Waals surface area (Å²) in [6.45, 7) is 4.92. The Hall–Kier alpha value is -1.75. The lowest BCUT2D eigenvalue weighted by molar-refractivity contribution is 0.0916. The quantitative estimate of drug-likeness (QED) is 0.941. The summed E-state index contributed by atoms with van der Waals surface area (Å²) in [6.07, 6.45) is 5.07. The van der Waals surface area contributed by atoms with Gasteiger partial charge in [-0.15, -0.1) is 0 Å². The monoisotopic (exact) mass is 287 g/mol. The summed E-state index contributed by atoms with van der Waals surface area (Å²) in [4.78, 5) is 21.6. The van der Waals surface area contributed by atoms with Crippen molar-refractivity contribution in [2.75, 3.05) is 5.32 Å². The van der Waals surface area contributed by atoms with Crippen LogP contribution in [-0.2, 0) is 13.0 Å². The maximum absolute atomic E-state index is 12.1. The molecule has 0 aromatic carbocycles. The second-order valence-corrected chi connectivity index (χ2v) is 6.95. The number of nitrogens with one attached hydrogen (secondary N) is 1. The van der Waals surface area contributed by atoms with Gasteiger partial charge in [0, 0.05) is 25.4 Å². The first-order chi connectivity index (χ1) is 9.53. The van der Waals surface area contributed by atoms with Gasteiger partial charge in [0.15, 0.2) is 10.9 Å². The van der Waals surface area contributed by atoms with Gasteiger partial charge in [0.25, 0.3) is 0 Å². The van der Waals surface area contributed by atoms with E-state index in [4.69, 9.17) is 0 Å². The van der Waals surface area contributed by atoms with Crippen LogP contribution in [0.2, 0.25) is 0 Å². The van der Waals surface area contributed by atoms with Crippen molar-refractivity contribution in [3.05, 3.63) is 40.7 Å². The molecule has 0 fully saturated rings. The van der Waals surface area contributed by atoms with Crippen molar-refractivity contribution in [1.29, 1.82) is 0 Å². The van der Waals surface area contributed by atoms with Gasteiger partial charge in [0.2, 0.25) is 0 Å². The Morgan fingerprint density at radius 1 is 1.40 bits per heavy atom. The van der Waals surface area contributed by atoms with Crippen LogP contribution in [0.3, 0.4) is 0 Å². The van der Waals surface area contributed by atoms with Crippen molar-refractivity contribution < 1.29 is 4.79 Å². The summed E-state index contributed by atoms with van der Waals surface area (Å²) in [5.74, 6) is 0.225. The Bertz CT molecular complexity index is 634. The zero-order chi connectivity index (χ0) is 14.2. The van der Waals surface area contributed by atoms with Crippen LogP contribution in [0.5, 0.6) is 0 Å². The van der Waals surface area contributed by atoms with Gasteiger partial charge in [-0.05, 0) is 23.5 Å². The molecule has 5 heteroatoms. The van der Waals surface area contributed by atoms with Gasteiger partial charge in [0.1, 0.15) is 0 Å². The van der Waals surface area contributed by atoms with E-state index in [9.17, 15) is 4.79 Å². The molecule has 0 aliphatic heterocycles. The molecule has 104 valence electrons. The molecule has 0 spiro atoms. The van der Waals surface area contributed by atoms with Crippen LogP contribution < -0.4 is 5.32 Å². The summed E-state index contributed by atoms with van der Waals surface area (Å²) < 4.78 is 0. The molecule has 3 rings (SSSR count). The van der Waals surface area contributed by atoms with Crippen LogP contribution in [0, 0.1) is 5.41 Å². The molecule has 1 aliphatic carbocycles. The minimum atomic E-state index is 0.0266. The first-order valence-corrected chi connectivity index (χ1v) is 7.51. The Labute approximate surface area is 122 Å². The standard InChI is InChI=1S/C15H17N3OS/c1-15(2)6-11-13(12(19)7-15)20-14(18-11)17-9-10-4-3-5-16-8-10/h3-5,8H,6-7,9H2,1-2H3,(H,17,18). The van der Waals surface area contributed by atoms with Gasteiger partial charge >= 0.3 is 0 Å². The summed E-state index contributed by atoms with van der Waals surface area (Å²) in [6, 6.07) is 3.93. The number of carbonyl (C=O) groups is 1. The van der Waals surface area contributed by atoms with E-state index in [0.29, 0.717) is 13.0 Å². The minimum absolute atomic E-state index is 0.0266. The third kappa shape index (κ3) is 2.72. The number of carbonyl (C=O) groups excluding carboxylic acids is 1. The van der Waals surface area contributed by atoms with E-state index in [2.05, 4.69) is 29.1 Å². The van der Waals surface area contributed by atoms with E-state index in [1.165, 1.54) is 11.3 Å². The third-order valence-electron chi connectivity index (χ3n) is 3.40. The van der Waals surface area contributed by atoms with Gasteiger partial charge in [-0.3, -0.25) is 9.78 Å². The fourth-order valence-corrected chi connectivity index (χ4v) is 3.39. The Morgan fingerprint density at radius 2 is 2.25 bits per heavy atom. The molecule has 0 saturated carbocycles. The van der Waals surface area contributed by atoms with E-state index >= 15 is 0 Å². The number of hydrogen-bond acceptors (Lipinski definition) is 5. The molecule has 0 radical (unpaired) electrons. The van der Waals surface area contributed by atoms with Crippen LogP contribution in [0.1, 0.15) is 41.2 Å². The van der Waals surface area contributed by atoms with Crippen molar-refractivity contribution in [2.24, 2.45) is 5.41 Å². The normalized spacial score (nSPS) is 16.8. The van der Waals surface area contributed by atoms with Crippen molar-refractivity contribution >= 4 is 22.3 Å². The first kappa shape index (κ1) is 13.2. The lowest BCUT2D eigenvalue weighted by Crippen LogP contribution is -2.25. The van der Waals surface area contributed by atoms with E-state index in [0.717, 1.165) is 27.7 Å². The predicted octanol–water partition coefficient (Wildman–Crippen LogP) is 3.31. The topological polar surface area (TPSA) is 54.9 Å². The molecule has 20 heavy (non-hydrogen) atoms. The van der Waals surface area contributed by atoms with E-state index in [1.54, 1.807) is 6.20 Å². The molecule has 1 aliphatic rings. The molecule has 2 aromatic rings. The van der Waals surface area contributed by atoms with Gasteiger partial charge in [-0.25, -0.2) is 4.98 Å². The molecule has 0 bridgehead atoms. The molecule has 0 unspecified atom stereocenters. The number of rotatable bonds is 3. The number of pyridine rings is 1. The average Bonchev–Trinajstić information content (AvgIpc) is 2.79. The average molecular weight is 287 g/mol. The number of nitrogens with zero attached hydrogens (tertiary/aromatic N) is 2. The number of aromatic nitrogens is 2. The largest absolute Gasteiger partial charge is 0.357 e. The number of Topliss-reactive ketones (excluding diaryl/α,β-unsaturated/α-hetero) is 1. The summed E-state index contributed by atoms with van der Waals surface area (Å²) in [5.41, 5.74) is 2.08. The fraction of sp³-hybridized carbons (Fsp3) is 0.400. The maximum atomic E-state index is 12.1.